The molecule has 2 aliphatic rings. The first-order valence-corrected chi connectivity index (χ1v) is 11.8. The van der Waals surface area contributed by atoms with E-state index in [2.05, 4.69) is 10.4 Å². The molecule has 0 saturated heterocycles. The number of ether oxygens (including phenoxy) is 1. The van der Waals surface area contributed by atoms with Crippen molar-refractivity contribution in [1.82, 2.24) is 10.3 Å². The first-order valence-electron chi connectivity index (χ1n) is 11.0. The molecule has 9 heteroatoms. The summed E-state index contributed by atoms with van der Waals surface area (Å²) in [5.41, 5.74) is 0.827. The summed E-state index contributed by atoms with van der Waals surface area (Å²) < 4.78 is 34.2. The zero-order chi connectivity index (χ0) is 23.3. The molecule has 2 aliphatic heterocycles. The zero-order valence-electron chi connectivity index (χ0n) is 18.1. The van der Waals surface area contributed by atoms with Crippen LogP contribution in [0.1, 0.15) is 43.2 Å². The number of unbranched alkanes of at least 4 members (excludes halogenated alkanes) is 1. The minimum atomic E-state index is -0.878. The summed E-state index contributed by atoms with van der Waals surface area (Å²) in [6.45, 7) is 1.72. The molecular weight excluding hydrogens is 448 g/mol. The third kappa shape index (κ3) is 4.94. The number of carbonyl (C=O) groups is 2. The van der Waals surface area contributed by atoms with Crippen molar-refractivity contribution in [2.24, 2.45) is 5.10 Å². The Bertz CT molecular complexity index is 1070. The van der Waals surface area contributed by atoms with Gasteiger partial charge in [-0.2, -0.15) is 5.10 Å². The Kier molecular flexibility index (Phi) is 7.39. The van der Waals surface area contributed by atoms with E-state index in [1.807, 2.05) is 24.3 Å². The number of hydrogen-bond acceptors (Lipinski definition) is 6. The van der Waals surface area contributed by atoms with Gasteiger partial charge in [0, 0.05) is 30.4 Å². The molecule has 33 heavy (non-hydrogen) atoms. The van der Waals surface area contributed by atoms with Gasteiger partial charge in [-0.1, -0.05) is 30.0 Å². The van der Waals surface area contributed by atoms with Crippen LogP contribution in [-0.4, -0.2) is 41.9 Å². The topological polar surface area (TPSA) is 71.0 Å². The average Bonchev–Trinajstić information content (AvgIpc) is 3.20. The molecule has 0 aromatic heterocycles. The lowest BCUT2D eigenvalue weighted by molar-refractivity contribution is -0.135. The van der Waals surface area contributed by atoms with Crippen LogP contribution in [0, 0.1) is 11.6 Å². The molecule has 1 amide bonds. The quantitative estimate of drug-likeness (QED) is 0.437. The summed E-state index contributed by atoms with van der Waals surface area (Å²) in [6, 6.07) is 10.7. The van der Waals surface area contributed by atoms with Crippen molar-refractivity contribution < 1.29 is 23.1 Å². The number of fused-ring (bicyclic) bond motifs is 2. The number of rotatable bonds is 9. The molecule has 0 bridgehead atoms. The summed E-state index contributed by atoms with van der Waals surface area (Å²) in [7, 11) is 0. The summed E-state index contributed by atoms with van der Waals surface area (Å²) in [5, 5.41) is 9.44. The first-order chi connectivity index (χ1) is 16.0. The number of nitrogens with one attached hydrogen (secondary N) is 1. The van der Waals surface area contributed by atoms with Gasteiger partial charge in [-0.3, -0.25) is 4.79 Å². The van der Waals surface area contributed by atoms with Gasteiger partial charge in [-0.25, -0.2) is 13.8 Å². The smallest absolute Gasteiger partial charge is 0.244 e. The first kappa shape index (κ1) is 23.4. The fourth-order valence-electron chi connectivity index (χ4n) is 4.00. The second-order valence-electron chi connectivity index (χ2n) is 7.88. The van der Waals surface area contributed by atoms with Gasteiger partial charge in [0.2, 0.25) is 5.91 Å². The van der Waals surface area contributed by atoms with E-state index >= 15 is 0 Å². The number of thioether (sulfide) groups is 1. The van der Waals surface area contributed by atoms with Crippen LogP contribution in [0.15, 0.2) is 47.6 Å². The van der Waals surface area contributed by atoms with E-state index < -0.39 is 16.5 Å². The Balaban J connectivity index is 1.58. The van der Waals surface area contributed by atoms with Gasteiger partial charge in [-0.15, -0.1) is 0 Å². The second-order valence-corrected chi connectivity index (χ2v) is 9.14. The highest BCUT2D eigenvalue weighted by Crippen LogP contribution is 2.54. The lowest BCUT2D eigenvalue weighted by Crippen LogP contribution is -2.44. The van der Waals surface area contributed by atoms with E-state index in [0.29, 0.717) is 44.7 Å². The van der Waals surface area contributed by atoms with Crippen molar-refractivity contribution in [3.8, 4) is 5.75 Å². The molecule has 2 aromatic rings. The Hall–Kier alpha value is -2.78. The SMILES string of the molecule is O=CCCCNCCCC(=O)N1N=C(c2cc(F)ccc2F)SC12CCOc1ccccc12. The van der Waals surface area contributed by atoms with Crippen molar-refractivity contribution >= 4 is 29.0 Å². The third-order valence-electron chi connectivity index (χ3n) is 5.62. The molecule has 1 spiro atoms. The highest BCUT2D eigenvalue weighted by atomic mass is 32.2. The van der Waals surface area contributed by atoms with Gasteiger partial charge in [0.1, 0.15) is 33.6 Å². The average molecular weight is 474 g/mol. The van der Waals surface area contributed by atoms with Gasteiger partial charge < -0.3 is 14.8 Å². The van der Waals surface area contributed by atoms with Crippen molar-refractivity contribution in [2.45, 2.75) is 37.0 Å². The molecule has 0 aliphatic carbocycles. The number of benzene rings is 2. The molecule has 0 saturated carbocycles. The Morgan fingerprint density at radius 3 is 2.88 bits per heavy atom. The largest absolute Gasteiger partial charge is 0.493 e. The normalized spacial score (nSPS) is 19.2. The molecule has 0 radical (unpaired) electrons. The lowest BCUT2D eigenvalue weighted by atomic mass is 9.98. The number of hydrazone groups is 1. The maximum atomic E-state index is 14.6. The third-order valence-corrected chi connectivity index (χ3v) is 7.05. The minimum Gasteiger partial charge on any atom is -0.493 e. The van der Waals surface area contributed by atoms with Crippen LogP contribution in [0.3, 0.4) is 0 Å². The van der Waals surface area contributed by atoms with Crippen LogP contribution in [0.25, 0.3) is 0 Å². The number of aldehydes is 1. The molecule has 0 fully saturated rings. The Morgan fingerprint density at radius 1 is 1.21 bits per heavy atom. The number of halogens is 2. The van der Waals surface area contributed by atoms with Crippen molar-refractivity contribution in [3.63, 3.8) is 0 Å². The predicted octanol–water partition coefficient (Wildman–Crippen LogP) is 4.19. The highest BCUT2D eigenvalue weighted by molar-refractivity contribution is 8.15. The fourth-order valence-corrected chi connectivity index (χ4v) is 5.41. The van der Waals surface area contributed by atoms with Crippen LogP contribution in [0.2, 0.25) is 0 Å². The predicted molar refractivity (Wildman–Crippen MR) is 123 cm³/mol. The molecule has 1 unspecified atom stereocenters. The second kappa shape index (κ2) is 10.4. The number of para-hydroxylation sites is 1. The van der Waals surface area contributed by atoms with Crippen LogP contribution >= 0.6 is 11.8 Å². The number of hydrogen-bond donors (Lipinski definition) is 1. The summed E-state index contributed by atoms with van der Waals surface area (Å²) in [5.74, 6) is -0.698. The van der Waals surface area contributed by atoms with E-state index in [4.69, 9.17) is 4.74 Å². The van der Waals surface area contributed by atoms with Crippen LogP contribution < -0.4 is 10.1 Å². The van der Waals surface area contributed by atoms with Crippen LogP contribution in [0.5, 0.6) is 5.75 Å². The monoisotopic (exact) mass is 473 g/mol. The van der Waals surface area contributed by atoms with E-state index in [1.54, 1.807) is 0 Å². The molecular formula is C24H25F2N3O3S. The van der Waals surface area contributed by atoms with Gasteiger partial charge in [-0.05, 0) is 50.2 Å². The molecule has 2 aromatic carbocycles. The Labute approximate surface area is 195 Å². The van der Waals surface area contributed by atoms with Crippen molar-refractivity contribution in [1.29, 1.82) is 0 Å². The minimum absolute atomic E-state index is 0.0375. The van der Waals surface area contributed by atoms with Gasteiger partial charge in [0.05, 0.1) is 6.61 Å². The maximum Gasteiger partial charge on any atom is 0.244 e. The standard InChI is InChI=1S/C24H25F2N3O3S/c25-17-9-10-20(26)18(16-17)23-28-29(22(31)8-5-13-27-12-3-4-14-30)24(33-23)11-15-32-21-7-2-1-6-19(21)24/h1-2,6-7,9-10,14,16,27H,3-5,8,11-13,15H2. The van der Waals surface area contributed by atoms with Crippen LogP contribution in [-0.2, 0) is 14.5 Å². The fraction of sp³-hybridized carbons (Fsp3) is 0.375. The van der Waals surface area contributed by atoms with E-state index in [9.17, 15) is 18.4 Å². The lowest BCUT2D eigenvalue weighted by Gasteiger charge is -2.39. The van der Waals surface area contributed by atoms with E-state index in [1.165, 1.54) is 16.8 Å². The molecule has 2 heterocycles. The highest BCUT2D eigenvalue weighted by Gasteiger charge is 2.51. The van der Waals surface area contributed by atoms with Gasteiger partial charge >= 0.3 is 0 Å². The molecule has 1 atom stereocenters. The molecule has 6 nitrogen and oxygen atoms in total. The van der Waals surface area contributed by atoms with Gasteiger partial charge in [0.25, 0.3) is 0 Å². The summed E-state index contributed by atoms with van der Waals surface area (Å²) >= 11 is 1.26. The summed E-state index contributed by atoms with van der Waals surface area (Å²) in [6.07, 6.45) is 3.46. The number of nitrogens with zero attached hydrogens (tertiary/aromatic N) is 2. The molecule has 4 rings (SSSR count). The van der Waals surface area contributed by atoms with E-state index in [0.717, 1.165) is 36.5 Å². The zero-order valence-corrected chi connectivity index (χ0v) is 18.9. The van der Waals surface area contributed by atoms with Crippen molar-refractivity contribution in [3.05, 3.63) is 65.2 Å². The van der Waals surface area contributed by atoms with E-state index in [-0.39, 0.29) is 22.9 Å². The van der Waals surface area contributed by atoms with Crippen molar-refractivity contribution in [2.75, 3.05) is 19.7 Å². The molecule has 174 valence electrons. The number of amides is 1. The number of carbonyl (C=O) groups excluding carboxylic acids is 2. The van der Waals surface area contributed by atoms with Crippen LogP contribution in [0.4, 0.5) is 8.78 Å². The molecule has 1 N–H and O–H groups in total. The summed E-state index contributed by atoms with van der Waals surface area (Å²) in [4.78, 5) is 22.8. The van der Waals surface area contributed by atoms with Gasteiger partial charge in [0.15, 0.2) is 0 Å². The maximum absolute atomic E-state index is 14.6. The Morgan fingerprint density at radius 2 is 2.03 bits per heavy atom.